The average molecular weight is 1040 g/mol. The summed E-state index contributed by atoms with van der Waals surface area (Å²) in [5.74, 6) is 0. The normalized spacial score (nSPS) is 6.14. The first-order chi connectivity index (χ1) is 4.22. The number of hydrogen-bond donors (Lipinski definition) is 1. The number of benzene rings is 1. The van der Waals surface area contributed by atoms with Crippen LogP contribution in [0, 0.1) is 19.9 Å². The molecule has 0 atom stereocenters. The Hall–Kier alpha value is 2.46. The molecule has 0 radical (unpaired) electrons. The van der Waals surface area contributed by atoms with Gasteiger partial charge in [-0.3, -0.25) is 0 Å². The number of nitrogen functional groups attached to an aromatic ring is 1. The van der Waals surface area contributed by atoms with Crippen molar-refractivity contribution in [3.05, 3.63) is 29.3 Å². The molecule has 1 rings (SSSR count). The Morgan fingerprint density at radius 1 is 0.857 bits per heavy atom. The van der Waals surface area contributed by atoms with Gasteiger partial charge in [0, 0.05) is 105 Å². The van der Waals surface area contributed by atoms with Gasteiger partial charge in [0.05, 0.1) is 0 Å². The zero-order valence-corrected chi connectivity index (χ0v) is 22.4. The van der Waals surface area contributed by atoms with E-state index in [1.165, 1.54) is 0 Å². The van der Waals surface area contributed by atoms with Gasteiger partial charge in [-0.1, -0.05) is 19.5 Å². The molecule has 0 aliphatic rings. The SMILES string of the molecule is Cc1c[c-]cc(C)c1N.[W].[W].[W].[W].[W]. The van der Waals surface area contributed by atoms with Gasteiger partial charge in [0.1, 0.15) is 0 Å². The van der Waals surface area contributed by atoms with E-state index in [0.717, 1.165) is 16.8 Å². The van der Waals surface area contributed by atoms with Crippen LogP contribution in [0.3, 0.4) is 0 Å². The molecular formula is C8H10NW5-. The Morgan fingerprint density at radius 2 is 1.14 bits per heavy atom. The van der Waals surface area contributed by atoms with E-state index in [1.807, 2.05) is 26.0 Å². The zero-order chi connectivity index (χ0) is 6.85. The standard InChI is InChI=1S/C8H10N.5W/c1-6-4-3-5-7(2)8(6)9;;;;;/h4-5H,9H2,1-2H3;;;;;/q-1;;;;;. The molecule has 0 bridgehead atoms. The molecule has 0 spiro atoms. The molecule has 2 N–H and O–H groups in total. The average Bonchev–Trinajstić information content (AvgIpc) is 1.83. The minimum Gasteiger partial charge on any atom is -0.419 e. The molecule has 0 aliphatic carbocycles. The van der Waals surface area contributed by atoms with Crippen molar-refractivity contribution in [2.75, 3.05) is 5.73 Å². The van der Waals surface area contributed by atoms with E-state index in [1.54, 1.807) is 0 Å². The van der Waals surface area contributed by atoms with Crippen LogP contribution >= 0.6 is 0 Å². The monoisotopic (exact) mass is 1040 g/mol. The van der Waals surface area contributed by atoms with Crippen LogP contribution in [-0.4, -0.2) is 0 Å². The van der Waals surface area contributed by atoms with Gasteiger partial charge >= 0.3 is 0 Å². The molecule has 0 saturated heterocycles. The van der Waals surface area contributed by atoms with Crippen LogP contribution in [0.15, 0.2) is 12.1 Å². The smallest absolute Gasteiger partial charge is 0 e. The predicted molar refractivity (Wildman–Crippen MR) is 39.2 cm³/mol. The summed E-state index contributed by atoms with van der Waals surface area (Å²) in [5, 5.41) is 0. The van der Waals surface area contributed by atoms with Gasteiger partial charge in [0.2, 0.25) is 0 Å². The summed E-state index contributed by atoms with van der Waals surface area (Å²) in [6, 6.07) is 6.77. The van der Waals surface area contributed by atoms with Crippen molar-refractivity contribution >= 4 is 5.69 Å². The Morgan fingerprint density at radius 3 is 1.36 bits per heavy atom. The fourth-order valence-electron chi connectivity index (χ4n) is 0.758. The number of rotatable bonds is 0. The molecule has 14 heavy (non-hydrogen) atoms. The molecule has 1 nitrogen and oxygen atoms in total. The number of aryl methyl sites for hydroxylation is 2. The van der Waals surface area contributed by atoms with Crippen molar-refractivity contribution in [3.63, 3.8) is 0 Å². The first kappa shape index (κ1) is 30.0. The van der Waals surface area contributed by atoms with Crippen molar-refractivity contribution in [1.29, 1.82) is 0 Å². The maximum Gasteiger partial charge on any atom is 0 e. The molecule has 0 unspecified atom stereocenters. The van der Waals surface area contributed by atoms with Crippen LogP contribution in [-0.2, 0) is 105 Å². The molecule has 1 aromatic rings. The van der Waals surface area contributed by atoms with Crippen LogP contribution in [0.5, 0.6) is 0 Å². The maximum atomic E-state index is 5.66. The van der Waals surface area contributed by atoms with Crippen molar-refractivity contribution in [1.82, 2.24) is 0 Å². The van der Waals surface area contributed by atoms with E-state index >= 15 is 0 Å². The van der Waals surface area contributed by atoms with Crippen LogP contribution in [0.1, 0.15) is 11.1 Å². The Bertz CT molecular complexity index is 209. The first-order valence-corrected chi connectivity index (χ1v) is 2.94. The van der Waals surface area contributed by atoms with E-state index in [9.17, 15) is 0 Å². The van der Waals surface area contributed by atoms with Crippen molar-refractivity contribution in [3.8, 4) is 0 Å². The second-order valence-corrected chi connectivity index (χ2v) is 2.24. The number of anilines is 1. The van der Waals surface area contributed by atoms with Gasteiger partial charge in [-0.15, -0.1) is 11.1 Å². The van der Waals surface area contributed by atoms with Gasteiger partial charge in [-0.2, -0.15) is 18.2 Å². The minimum absolute atomic E-state index is 0. The fourth-order valence-corrected chi connectivity index (χ4v) is 0.758. The molecule has 0 heterocycles. The van der Waals surface area contributed by atoms with Crippen LogP contribution < -0.4 is 5.73 Å². The van der Waals surface area contributed by atoms with Gasteiger partial charge in [-0.05, 0) is 0 Å². The zero-order valence-electron chi connectivity index (χ0n) is 7.77. The minimum atomic E-state index is 0. The van der Waals surface area contributed by atoms with Crippen LogP contribution in [0.4, 0.5) is 5.69 Å². The summed E-state index contributed by atoms with van der Waals surface area (Å²) >= 11 is 0. The third kappa shape index (κ3) is 9.67. The topological polar surface area (TPSA) is 26.0 Å². The second-order valence-electron chi connectivity index (χ2n) is 2.24. The first-order valence-electron chi connectivity index (χ1n) is 2.94. The summed E-state index contributed by atoms with van der Waals surface area (Å²) in [6.07, 6.45) is 0. The van der Waals surface area contributed by atoms with E-state index < -0.39 is 0 Å². The molecule has 78 valence electrons. The van der Waals surface area contributed by atoms with Crippen molar-refractivity contribution in [2.24, 2.45) is 0 Å². The molecule has 1 aromatic carbocycles. The summed E-state index contributed by atoms with van der Waals surface area (Å²) in [7, 11) is 0. The molecule has 0 fully saturated rings. The molecule has 0 aromatic heterocycles. The van der Waals surface area contributed by atoms with Gasteiger partial charge in [-0.25, -0.2) is 0 Å². The van der Waals surface area contributed by atoms with Gasteiger partial charge in [0.15, 0.2) is 0 Å². The van der Waals surface area contributed by atoms with E-state index in [-0.39, 0.29) is 105 Å². The molecule has 0 aliphatic heterocycles. The molecule has 0 saturated carbocycles. The summed E-state index contributed by atoms with van der Waals surface area (Å²) in [5.41, 5.74) is 8.76. The van der Waals surface area contributed by atoms with Gasteiger partial charge < -0.3 is 5.73 Å². The Balaban J connectivity index is -0.0000000540. The summed E-state index contributed by atoms with van der Waals surface area (Å²) < 4.78 is 0. The number of nitrogens with two attached hydrogens (primary N) is 1. The Labute approximate surface area is 157 Å². The third-order valence-corrected chi connectivity index (χ3v) is 1.45. The maximum absolute atomic E-state index is 5.66. The van der Waals surface area contributed by atoms with Crippen LogP contribution in [0.25, 0.3) is 0 Å². The van der Waals surface area contributed by atoms with Crippen molar-refractivity contribution < 1.29 is 105 Å². The van der Waals surface area contributed by atoms with E-state index in [0.29, 0.717) is 0 Å². The largest absolute Gasteiger partial charge is 0.419 e. The summed E-state index contributed by atoms with van der Waals surface area (Å²) in [4.78, 5) is 0. The summed E-state index contributed by atoms with van der Waals surface area (Å²) in [6.45, 7) is 3.97. The second kappa shape index (κ2) is 15.5. The molecule has 0 amide bonds. The van der Waals surface area contributed by atoms with E-state index in [4.69, 9.17) is 5.73 Å². The molecule has 6 heteroatoms. The third-order valence-electron chi connectivity index (χ3n) is 1.45. The van der Waals surface area contributed by atoms with Crippen molar-refractivity contribution in [2.45, 2.75) is 13.8 Å². The fraction of sp³-hybridized carbons (Fsp3) is 0.250. The quantitative estimate of drug-likeness (QED) is 0.311. The van der Waals surface area contributed by atoms with Gasteiger partial charge in [0.25, 0.3) is 0 Å². The van der Waals surface area contributed by atoms with E-state index in [2.05, 4.69) is 6.07 Å². The Kier molecular flexibility index (Phi) is 33.1. The molecular weight excluding hydrogens is 1030 g/mol. The predicted octanol–water partition coefficient (Wildman–Crippen LogP) is 1.67. The van der Waals surface area contributed by atoms with Crippen LogP contribution in [0.2, 0.25) is 0 Å². The number of hydrogen-bond acceptors (Lipinski definition) is 1.